The summed E-state index contributed by atoms with van der Waals surface area (Å²) in [5, 5.41) is 0. The second-order valence-corrected chi connectivity index (χ2v) is 5.00. The topological polar surface area (TPSA) is 55.6 Å². The van der Waals surface area contributed by atoms with Gasteiger partial charge in [0, 0.05) is 6.54 Å². The molecule has 1 aliphatic heterocycles. The molecule has 18 heavy (non-hydrogen) atoms. The second kappa shape index (κ2) is 4.61. The van der Waals surface area contributed by atoms with Crippen LogP contribution in [0.25, 0.3) is 0 Å². The van der Waals surface area contributed by atoms with E-state index < -0.39 is 5.60 Å². The van der Waals surface area contributed by atoms with Gasteiger partial charge in [-0.3, -0.25) is 4.79 Å². The van der Waals surface area contributed by atoms with Crippen LogP contribution >= 0.6 is 0 Å². The van der Waals surface area contributed by atoms with Crippen LogP contribution in [0.2, 0.25) is 0 Å². The number of nitrogens with zero attached hydrogens (tertiary/aromatic N) is 1. The monoisotopic (exact) mass is 248 g/mol. The Hall–Kier alpha value is -1.55. The molecule has 0 saturated heterocycles. The molecule has 0 aliphatic carbocycles. The van der Waals surface area contributed by atoms with E-state index in [0.717, 1.165) is 23.4 Å². The number of likely N-dealkylation sites (N-methyl/N-ethyl adjacent to an activating group) is 1. The van der Waals surface area contributed by atoms with Crippen molar-refractivity contribution in [3.8, 4) is 5.75 Å². The minimum Gasteiger partial charge on any atom is -0.476 e. The summed E-state index contributed by atoms with van der Waals surface area (Å²) in [5.74, 6) is 0.768. The number of hydrogen-bond acceptors (Lipinski definition) is 3. The zero-order chi connectivity index (χ0) is 13.3. The summed E-state index contributed by atoms with van der Waals surface area (Å²) >= 11 is 0. The van der Waals surface area contributed by atoms with Crippen molar-refractivity contribution in [1.82, 2.24) is 0 Å². The highest BCUT2D eigenvalue weighted by Crippen LogP contribution is 2.38. The summed E-state index contributed by atoms with van der Waals surface area (Å²) < 4.78 is 5.77. The molecule has 0 aromatic heterocycles. The molecule has 2 N–H and O–H groups in total. The first kappa shape index (κ1) is 12.9. The van der Waals surface area contributed by atoms with Gasteiger partial charge in [0.2, 0.25) is 0 Å². The zero-order valence-corrected chi connectivity index (χ0v) is 11.2. The Labute approximate surface area is 108 Å². The Bertz CT molecular complexity index is 469. The number of carbonyl (C=O) groups excluding carboxylic acids is 1. The summed E-state index contributed by atoms with van der Waals surface area (Å²) in [4.78, 5) is 14.1. The highest BCUT2D eigenvalue weighted by molar-refractivity contribution is 6.02. The number of ether oxygens (including phenoxy) is 1. The predicted octanol–water partition coefficient (Wildman–Crippen LogP) is 1.71. The maximum absolute atomic E-state index is 12.3. The molecule has 0 unspecified atom stereocenters. The fraction of sp³-hybridized carbons (Fsp3) is 0.500. The van der Waals surface area contributed by atoms with Crippen LogP contribution in [0.3, 0.4) is 0 Å². The van der Waals surface area contributed by atoms with Crippen LogP contribution in [0.4, 0.5) is 5.69 Å². The predicted molar refractivity (Wildman–Crippen MR) is 71.9 cm³/mol. The van der Waals surface area contributed by atoms with Crippen LogP contribution in [0.5, 0.6) is 5.75 Å². The molecule has 4 heteroatoms. The average molecular weight is 248 g/mol. The Balaban J connectivity index is 2.46. The minimum absolute atomic E-state index is 0.00222. The second-order valence-electron chi connectivity index (χ2n) is 5.00. The SMILES string of the molecule is CCN1C(=O)C(C)(C)Oc2ccc(CCN)cc21. The Kier molecular flexibility index (Phi) is 3.30. The van der Waals surface area contributed by atoms with Gasteiger partial charge in [-0.05, 0) is 51.4 Å². The molecule has 1 aromatic carbocycles. The Morgan fingerprint density at radius 2 is 2.11 bits per heavy atom. The van der Waals surface area contributed by atoms with Gasteiger partial charge in [-0.25, -0.2) is 0 Å². The van der Waals surface area contributed by atoms with Gasteiger partial charge < -0.3 is 15.4 Å². The third kappa shape index (κ3) is 2.08. The summed E-state index contributed by atoms with van der Waals surface area (Å²) in [6, 6.07) is 5.93. The number of anilines is 1. The van der Waals surface area contributed by atoms with Crippen LogP contribution in [-0.4, -0.2) is 24.6 Å². The molecule has 1 aliphatic rings. The molecule has 1 heterocycles. The van der Waals surface area contributed by atoms with Crippen molar-refractivity contribution >= 4 is 11.6 Å². The molecule has 0 bridgehead atoms. The molecule has 0 spiro atoms. The Morgan fingerprint density at radius 1 is 1.39 bits per heavy atom. The molecule has 0 fully saturated rings. The van der Waals surface area contributed by atoms with E-state index in [-0.39, 0.29) is 5.91 Å². The normalized spacial score (nSPS) is 17.3. The Morgan fingerprint density at radius 3 is 2.72 bits per heavy atom. The lowest BCUT2D eigenvalue weighted by Gasteiger charge is -2.38. The molecular weight excluding hydrogens is 228 g/mol. The number of rotatable bonds is 3. The molecule has 2 rings (SSSR count). The number of benzene rings is 1. The quantitative estimate of drug-likeness (QED) is 0.886. The molecular formula is C14H20N2O2. The maximum Gasteiger partial charge on any atom is 0.270 e. The molecule has 4 nitrogen and oxygen atoms in total. The standard InChI is InChI=1S/C14H20N2O2/c1-4-16-11-9-10(7-8-15)5-6-12(11)18-14(2,3)13(16)17/h5-6,9H,4,7-8,15H2,1-3H3. The number of carbonyl (C=O) groups is 1. The van der Waals surface area contributed by atoms with Gasteiger partial charge in [0.1, 0.15) is 5.75 Å². The average Bonchev–Trinajstić information content (AvgIpc) is 2.32. The number of hydrogen-bond donors (Lipinski definition) is 1. The molecule has 0 saturated carbocycles. The first-order valence-electron chi connectivity index (χ1n) is 6.33. The van der Waals surface area contributed by atoms with Crippen molar-refractivity contribution in [1.29, 1.82) is 0 Å². The fourth-order valence-corrected chi connectivity index (χ4v) is 2.25. The largest absolute Gasteiger partial charge is 0.476 e. The van der Waals surface area contributed by atoms with Gasteiger partial charge in [-0.1, -0.05) is 6.07 Å². The van der Waals surface area contributed by atoms with Crippen molar-refractivity contribution < 1.29 is 9.53 Å². The molecule has 0 atom stereocenters. The molecule has 1 amide bonds. The van der Waals surface area contributed by atoms with Crippen LogP contribution < -0.4 is 15.4 Å². The van der Waals surface area contributed by atoms with Gasteiger partial charge in [-0.15, -0.1) is 0 Å². The fourth-order valence-electron chi connectivity index (χ4n) is 2.25. The van der Waals surface area contributed by atoms with Crippen molar-refractivity contribution in [2.45, 2.75) is 32.8 Å². The van der Waals surface area contributed by atoms with Crippen molar-refractivity contribution in [3.63, 3.8) is 0 Å². The third-order valence-electron chi connectivity index (χ3n) is 3.19. The van der Waals surface area contributed by atoms with E-state index in [9.17, 15) is 4.79 Å². The summed E-state index contributed by atoms with van der Waals surface area (Å²) in [6.07, 6.45) is 0.808. The van der Waals surface area contributed by atoms with E-state index in [2.05, 4.69) is 0 Å². The summed E-state index contributed by atoms with van der Waals surface area (Å²) in [6.45, 7) is 6.82. The first-order valence-corrected chi connectivity index (χ1v) is 6.33. The van der Waals surface area contributed by atoms with Crippen molar-refractivity contribution in [2.24, 2.45) is 5.73 Å². The van der Waals surface area contributed by atoms with Gasteiger partial charge in [0.05, 0.1) is 5.69 Å². The minimum atomic E-state index is -0.793. The molecule has 98 valence electrons. The molecule has 1 aromatic rings. The maximum atomic E-state index is 12.3. The highest BCUT2D eigenvalue weighted by Gasteiger charge is 2.40. The number of amides is 1. The first-order chi connectivity index (χ1) is 8.49. The van der Waals surface area contributed by atoms with E-state index >= 15 is 0 Å². The number of fused-ring (bicyclic) bond motifs is 1. The van der Waals surface area contributed by atoms with E-state index in [4.69, 9.17) is 10.5 Å². The highest BCUT2D eigenvalue weighted by atomic mass is 16.5. The van der Waals surface area contributed by atoms with Crippen molar-refractivity contribution in [2.75, 3.05) is 18.0 Å². The van der Waals surface area contributed by atoms with Crippen LogP contribution in [0, 0.1) is 0 Å². The van der Waals surface area contributed by atoms with Crippen molar-refractivity contribution in [3.05, 3.63) is 23.8 Å². The van der Waals surface area contributed by atoms with E-state index in [1.165, 1.54) is 0 Å². The van der Waals surface area contributed by atoms with E-state index in [1.807, 2.05) is 25.1 Å². The third-order valence-corrected chi connectivity index (χ3v) is 3.19. The van der Waals surface area contributed by atoms with E-state index in [0.29, 0.717) is 13.1 Å². The van der Waals surface area contributed by atoms with Gasteiger partial charge in [-0.2, -0.15) is 0 Å². The van der Waals surface area contributed by atoms with Gasteiger partial charge in [0.25, 0.3) is 5.91 Å². The smallest absolute Gasteiger partial charge is 0.270 e. The van der Waals surface area contributed by atoms with Crippen LogP contribution in [0.1, 0.15) is 26.3 Å². The zero-order valence-electron chi connectivity index (χ0n) is 11.2. The molecule has 0 radical (unpaired) electrons. The lowest BCUT2D eigenvalue weighted by Crippen LogP contribution is -2.52. The van der Waals surface area contributed by atoms with Crippen LogP contribution in [-0.2, 0) is 11.2 Å². The summed E-state index contributed by atoms with van der Waals surface area (Å²) in [7, 11) is 0. The summed E-state index contributed by atoms with van der Waals surface area (Å²) in [5.41, 5.74) is 6.75. The number of nitrogens with two attached hydrogens (primary N) is 1. The van der Waals surface area contributed by atoms with Gasteiger partial charge >= 0.3 is 0 Å². The van der Waals surface area contributed by atoms with Gasteiger partial charge in [0.15, 0.2) is 5.60 Å². The van der Waals surface area contributed by atoms with Crippen LogP contribution in [0.15, 0.2) is 18.2 Å². The van der Waals surface area contributed by atoms with E-state index in [1.54, 1.807) is 18.7 Å². The lowest BCUT2D eigenvalue weighted by atomic mass is 10.0. The lowest BCUT2D eigenvalue weighted by molar-refractivity contribution is -0.132.